The second kappa shape index (κ2) is 3.46. The van der Waals surface area contributed by atoms with Gasteiger partial charge in [0.25, 0.3) is 0 Å². The Bertz CT molecular complexity index is 309. The van der Waals surface area contributed by atoms with E-state index in [2.05, 4.69) is 12.2 Å². The Morgan fingerprint density at radius 2 is 2.23 bits per heavy atom. The zero-order chi connectivity index (χ0) is 9.26. The molecule has 0 fully saturated rings. The van der Waals surface area contributed by atoms with Gasteiger partial charge in [0.15, 0.2) is 0 Å². The zero-order valence-electron chi connectivity index (χ0n) is 7.81. The minimum atomic E-state index is -0.130. The molecule has 1 N–H and O–H groups in total. The summed E-state index contributed by atoms with van der Waals surface area (Å²) >= 11 is 0. The summed E-state index contributed by atoms with van der Waals surface area (Å²) in [5, 5.41) is 3.36. The molecule has 1 aromatic rings. The molecule has 0 bridgehead atoms. The van der Waals surface area contributed by atoms with Crippen LogP contribution in [0.1, 0.15) is 24.5 Å². The van der Waals surface area contributed by atoms with Gasteiger partial charge in [-0.25, -0.2) is 4.39 Å². The lowest BCUT2D eigenvalue weighted by Crippen LogP contribution is -2.23. The third kappa shape index (κ3) is 1.89. The lowest BCUT2D eigenvalue weighted by atomic mass is 10.0. The highest BCUT2D eigenvalue weighted by Gasteiger charge is 2.11. The quantitative estimate of drug-likeness (QED) is 0.644. The Labute approximate surface area is 78.0 Å². The van der Waals surface area contributed by atoms with Gasteiger partial charge in [0.1, 0.15) is 5.82 Å². The molecule has 0 amide bonds. The van der Waals surface area contributed by atoms with Gasteiger partial charge in [-0.3, -0.25) is 0 Å². The molecular formula is C11H14FN. The number of rotatable bonds is 0. The summed E-state index contributed by atoms with van der Waals surface area (Å²) in [5.41, 5.74) is 2.41. The van der Waals surface area contributed by atoms with Crippen LogP contribution in [0.5, 0.6) is 0 Å². The molecule has 0 aliphatic carbocycles. The van der Waals surface area contributed by atoms with Crippen LogP contribution in [0.3, 0.4) is 0 Å². The van der Waals surface area contributed by atoms with Crippen molar-refractivity contribution in [3.05, 3.63) is 35.1 Å². The minimum Gasteiger partial charge on any atom is -0.310 e. The van der Waals surface area contributed by atoms with Crippen molar-refractivity contribution in [2.75, 3.05) is 0 Å². The molecule has 0 saturated carbocycles. The molecule has 13 heavy (non-hydrogen) atoms. The summed E-state index contributed by atoms with van der Waals surface area (Å²) in [6.45, 7) is 2.97. The van der Waals surface area contributed by atoms with Crippen LogP contribution >= 0.6 is 0 Å². The normalized spacial score (nSPS) is 22.2. The predicted molar refractivity (Wildman–Crippen MR) is 51.0 cm³/mol. The standard InChI is InChI=1S/C11H14FN/c1-8-2-3-9-4-5-11(12)6-10(9)7-13-8/h4-6,8,13H,2-3,7H2,1H3/t8-/m1/s1. The van der Waals surface area contributed by atoms with Gasteiger partial charge in [-0.15, -0.1) is 0 Å². The molecule has 2 rings (SSSR count). The largest absolute Gasteiger partial charge is 0.310 e. The third-order valence-electron chi connectivity index (χ3n) is 2.66. The number of fused-ring (bicyclic) bond motifs is 1. The summed E-state index contributed by atoms with van der Waals surface area (Å²) in [6, 6.07) is 5.63. The fourth-order valence-corrected chi connectivity index (χ4v) is 1.76. The van der Waals surface area contributed by atoms with E-state index in [0.717, 1.165) is 24.9 Å². The highest BCUT2D eigenvalue weighted by atomic mass is 19.1. The molecule has 0 spiro atoms. The number of hydrogen-bond donors (Lipinski definition) is 1. The van der Waals surface area contributed by atoms with Crippen molar-refractivity contribution >= 4 is 0 Å². The Kier molecular flexibility index (Phi) is 2.32. The molecule has 1 aromatic carbocycles. The van der Waals surface area contributed by atoms with E-state index in [1.165, 1.54) is 5.56 Å². The topological polar surface area (TPSA) is 12.0 Å². The van der Waals surface area contributed by atoms with Gasteiger partial charge >= 0.3 is 0 Å². The van der Waals surface area contributed by atoms with Crippen molar-refractivity contribution in [2.45, 2.75) is 32.4 Å². The van der Waals surface area contributed by atoms with Gasteiger partial charge in [-0.2, -0.15) is 0 Å². The fraction of sp³-hybridized carbons (Fsp3) is 0.455. The number of nitrogens with one attached hydrogen (secondary N) is 1. The average Bonchev–Trinajstić information content (AvgIpc) is 2.29. The van der Waals surface area contributed by atoms with Gasteiger partial charge in [-0.05, 0) is 43.0 Å². The van der Waals surface area contributed by atoms with Crippen molar-refractivity contribution in [1.29, 1.82) is 0 Å². The van der Waals surface area contributed by atoms with E-state index < -0.39 is 0 Å². The van der Waals surface area contributed by atoms with Crippen LogP contribution in [-0.2, 0) is 13.0 Å². The lowest BCUT2D eigenvalue weighted by molar-refractivity contribution is 0.533. The van der Waals surface area contributed by atoms with E-state index in [0.29, 0.717) is 6.04 Å². The highest BCUT2D eigenvalue weighted by molar-refractivity contribution is 5.29. The third-order valence-corrected chi connectivity index (χ3v) is 2.66. The van der Waals surface area contributed by atoms with E-state index in [1.54, 1.807) is 12.1 Å². The van der Waals surface area contributed by atoms with E-state index >= 15 is 0 Å². The first kappa shape index (κ1) is 8.70. The van der Waals surface area contributed by atoms with Crippen LogP contribution in [0.4, 0.5) is 4.39 Å². The number of halogens is 1. The van der Waals surface area contributed by atoms with Gasteiger partial charge in [0.05, 0.1) is 0 Å². The predicted octanol–water partition coefficient (Wildman–Crippen LogP) is 2.25. The van der Waals surface area contributed by atoms with Crippen molar-refractivity contribution < 1.29 is 4.39 Å². The number of aryl methyl sites for hydroxylation is 1. The molecule has 1 atom stereocenters. The van der Waals surface area contributed by atoms with Crippen molar-refractivity contribution in [3.63, 3.8) is 0 Å². The first-order valence-corrected chi connectivity index (χ1v) is 4.76. The maximum atomic E-state index is 12.9. The molecule has 70 valence electrons. The average molecular weight is 179 g/mol. The Morgan fingerprint density at radius 1 is 1.38 bits per heavy atom. The Balaban J connectivity index is 2.30. The molecule has 1 aliphatic rings. The van der Waals surface area contributed by atoms with Crippen molar-refractivity contribution in [1.82, 2.24) is 5.32 Å². The molecule has 2 heteroatoms. The van der Waals surface area contributed by atoms with E-state index in [-0.39, 0.29) is 5.82 Å². The molecule has 0 unspecified atom stereocenters. The van der Waals surface area contributed by atoms with Crippen LogP contribution in [0, 0.1) is 5.82 Å². The van der Waals surface area contributed by atoms with E-state index in [4.69, 9.17) is 0 Å². The monoisotopic (exact) mass is 179 g/mol. The highest BCUT2D eigenvalue weighted by Crippen LogP contribution is 2.17. The summed E-state index contributed by atoms with van der Waals surface area (Å²) in [6.07, 6.45) is 2.20. The fourth-order valence-electron chi connectivity index (χ4n) is 1.76. The molecule has 1 heterocycles. The summed E-state index contributed by atoms with van der Waals surface area (Å²) in [5.74, 6) is -0.130. The first-order valence-electron chi connectivity index (χ1n) is 4.76. The molecule has 0 radical (unpaired) electrons. The smallest absolute Gasteiger partial charge is 0.123 e. The molecule has 1 aliphatic heterocycles. The molecule has 1 nitrogen and oxygen atoms in total. The second-order valence-corrected chi connectivity index (χ2v) is 3.73. The van der Waals surface area contributed by atoms with Gasteiger partial charge in [-0.1, -0.05) is 6.07 Å². The van der Waals surface area contributed by atoms with Crippen LogP contribution in [0.2, 0.25) is 0 Å². The minimum absolute atomic E-state index is 0.130. The number of hydrogen-bond acceptors (Lipinski definition) is 1. The van der Waals surface area contributed by atoms with Crippen LogP contribution in [0.15, 0.2) is 18.2 Å². The SMILES string of the molecule is C[C@@H]1CCc2ccc(F)cc2CN1. The van der Waals surface area contributed by atoms with Gasteiger partial charge in [0.2, 0.25) is 0 Å². The van der Waals surface area contributed by atoms with Crippen LogP contribution in [-0.4, -0.2) is 6.04 Å². The number of benzene rings is 1. The maximum absolute atomic E-state index is 12.9. The van der Waals surface area contributed by atoms with Crippen molar-refractivity contribution in [2.24, 2.45) is 0 Å². The van der Waals surface area contributed by atoms with Crippen molar-refractivity contribution in [3.8, 4) is 0 Å². The molecular weight excluding hydrogens is 165 g/mol. The second-order valence-electron chi connectivity index (χ2n) is 3.73. The zero-order valence-corrected chi connectivity index (χ0v) is 7.81. The van der Waals surface area contributed by atoms with E-state index in [1.807, 2.05) is 6.07 Å². The van der Waals surface area contributed by atoms with Crippen LogP contribution < -0.4 is 5.32 Å². The Morgan fingerprint density at radius 3 is 3.08 bits per heavy atom. The summed E-state index contributed by atoms with van der Waals surface area (Å²) < 4.78 is 12.9. The van der Waals surface area contributed by atoms with Gasteiger partial charge in [0, 0.05) is 12.6 Å². The summed E-state index contributed by atoms with van der Waals surface area (Å²) in [7, 11) is 0. The van der Waals surface area contributed by atoms with Crippen LogP contribution in [0.25, 0.3) is 0 Å². The van der Waals surface area contributed by atoms with E-state index in [9.17, 15) is 4.39 Å². The first-order chi connectivity index (χ1) is 6.25. The van der Waals surface area contributed by atoms with Gasteiger partial charge < -0.3 is 5.32 Å². The maximum Gasteiger partial charge on any atom is 0.123 e. The lowest BCUT2D eigenvalue weighted by Gasteiger charge is -2.07. The molecule has 0 aromatic heterocycles. The Hall–Kier alpha value is -0.890. The molecule has 0 saturated heterocycles. The summed E-state index contributed by atoms with van der Waals surface area (Å²) in [4.78, 5) is 0.